The molecule has 0 aromatic heterocycles. The Balaban J connectivity index is 2.05. The van der Waals surface area contributed by atoms with Crippen LogP contribution in [0.15, 0.2) is 65.3 Å². The molecule has 0 aliphatic carbocycles. The van der Waals surface area contributed by atoms with Crippen LogP contribution in [-0.4, -0.2) is 69.7 Å². The van der Waals surface area contributed by atoms with Gasteiger partial charge in [-0.3, -0.25) is 4.79 Å². The number of quaternary nitrogens is 1. The molecular weight excluding hydrogens is 454 g/mol. The Kier molecular flexibility index (Phi) is 12.3. The molecule has 0 fully saturated rings. The highest BCUT2D eigenvalue weighted by Crippen LogP contribution is 2.25. The number of nitrogens with zero attached hydrogens (tertiary/aromatic N) is 2. The topological polar surface area (TPSA) is 32.3 Å². The van der Waals surface area contributed by atoms with Gasteiger partial charge in [-0.05, 0) is 89.9 Å². The van der Waals surface area contributed by atoms with Crippen molar-refractivity contribution in [2.45, 2.75) is 53.4 Å². The summed E-state index contributed by atoms with van der Waals surface area (Å²) in [6.07, 6.45) is 11.3. The number of carbonyl (C=O) groups is 1. The number of allylic oxidation sites excluding steroid dienone is 5. The maximum atomic E-state index is 13.1. The van der Waals surface area contributed by atoms with E-state index >= 15 is 0 Å². The number of fused-ring (bicyclic) bond motifs is 1. The minimum Gasteiger partial charge on any atom is -0.346 e. The third-order valence-corrected chi connectivity index (χ3v) is 6.88. The van der Waals surface area contributed by atoms with Crippen LogP contribution in [0, 0.1) is 0 Å². The lowest BCUT2D eigenvalue weighted by atomic mass is 9.97. The van der Waals surface area contributed by atoms with Gasteiger partial charge in [-0.2, -0.15) is 0 Å². The van der Waals surface area contributed by atoms with Crippen LogP contribution in [0.5, 0.6) is 0 Å². The molecule has 0 saturated carbocycles. The van der Waals surface area contributed by atoms with Crippen molar-refractivity contribution < 1.29 is 9.28 Å². The van der Waals surface area contributed by atoms with Crippen molar-refractivity contribution in [3.05, 3.63) is 76.4 Å². The predicted molar refractivity (Wildman–Crippen MR) is 162 cm³/mol. The van der Waals surface area contributed by atoms with Gasteiger partial charge in [-0.25, -0.2) is 0 Å². The van der Waals surface area contributed by atoms with Crippen molar-refractivity contribution in [1.82, 2.24) is 10.2 Å². The fourth-order valence-electron chi connectivity index (χ4n) is 4.38. The zero-order valence-electron chi connectivity index (χ0n) is 24.7. The van der Waals surface area contributed by atoms with Crippen molar-refractivity contribution in [2.24, 2.45) is 0 Å². The van der Waals surface area contributed by atoms with E-state index in [1.54, 1.807) is 0 Å². The molecule has 0 atom stereocenters. The SMILES string of the molecule is CC(C)=CCCC(C)=CCCC(C)=Cc1cccc2c(C(=O)NCC[N+](C)(C)CCN(C)C)cccc12. The monoisotopic (exact) mass is 504 g/mol. The molecule has 0 unspecified atom stereocenters. The fraction of sp³-hybridized carbons (Fsp3) is 0.485. The maximum absolute atomic E-state index is 13.1. The van der Waals surface area contributed by atoms with Crippen molar-refractivity contribution in [1.29, 1.82) is 0 Å². The summed E-state index contributed by atoms with van der Waals surface area (Å²) in [6.45, 7) is 12.4. The van der Waals surface area contributed by atoms with Gasteiger partial charge in [0.1, 0.15) is 0 Å². The number of carbonyl (C=O) groups excluding carboxylic acids is 1. The Bertz CT molecular complexity index is 1120. The van der Waals surface area contributed by atoms with E-state index in [1.807, 2.05) is 12.1 Å². The lowest BCUT2D eigenvalue weighted by Crippen LogP contribution is -2.48. The van der Waals surface area contributed by atoms with Gasteiger partial charge < -0.3 is 14.7 Å². The number of amides is 1. The van der Waals surface area contributed by atoms with Gasteiger partial charge in [0.15, 0.2) is 0 Å². The van der Waals surface area contributed by atoms with Crippen LogP contribution in [0.25, 0.3) is 16.8 Å². The quantitative estimate of drug-likeness (QED) is 0.220. The highest BCUT2D eigenvalue weighted by Gasteiger charge is 2.16. The van der Waals surface area contributed by atoms with Gasteiger partial charge in [0.25, 0.3) is 5.91 Å². The first-order valence-corrected chi connectivity index (χ1v) is 13.7. The summed E-state index contributed by atoms with van der Waals surface area (Å²) in [4.78, 5) is 15.3. The lowest BCUT2D eigenvalue weighted by Gasteiger charge is -2.31. The van der Waals surface area contributed by atoms with E-state index in [2.05, 4.69) is 109 Å². The third-order valence-electron chi connectivity index (χ3n) is 6.88. The Morgan fingerprint density at radius 2 is 1.51 bits per heavy atom. The van der Waals surface area contributed by atoms with Gasteiger partial charge in [0.05, 0.1) is 33.7 Å². The van der Waals surface area contributed by atoms with E-state index in [1.165, 1.54) is 22.3 Å². The zero-order valence-corrected chi connectivity index (χ0v) is 24.7. The minimum absolute atomic E-state index is 0.00443. The lowest BCUT2D eigenvalue weighted by molar-refractivity contribution is -0.888. The van der Waals surface area contributed by atoms with Gasteiger partial charge in [0, 0.05) is 12.1 Å². The molecule has 1 amide bonds. The van der Waals surface area contributed by atoms with Crippen molar-refractivity contribution in [2.75, 3.05) is 54.4 Å². The van der Waals surface area contributed by atoms with E-state index in [0.29, 0.717) is 6.54 Å². The first-order chi connectivity index (χ1) is 17.5. The number of rotatable bonds is 14. The van der Waals surface area contributed by atoms with Gasteiger partial charge in [-0.1, -0.05) is 65.3 Å². The molecule has 0 saturated heterocycles. The third kappa shape index (κ3) is 11.1. The molecule has 2 rings (SSSR count). The van der Waals surface area contributed by atoms with Crippen LogP contribution in [0.4, 0.5) is 0 Å². The molecule has 0 spiro atoms. The van der Waals surface area contributed by atoms with E-state index < -0.39 is 0 Å². The number of likely N-dealkylation sites (N-methyl/N-ethyl adjacent to an activating group) is 2. The molecule has 0 heterocycles. The molecule has 202 valence electrons. The number of nitrogens with one attached hydrogen (secondary N) is 1. The molecule has 0 aliphatic heterocycles. The number of hydrogen-bond acceptors (Lipinski definition) is 2. The van der Waals surface area contributed by atoms with E-state index in [4.69, 9.17) is 0 Å². The second-order valence-electron chi connectivity index (χ2n) is 11.6. The van der Waals surface area contributed by atoms with E-state index in [0.717, 1.165) is 66.1 Å². The molecule has 1 N–H and O–H groups in total. The first-order valence-electron chi connectivity index (χ1n) is 13.7. The fourth-order valence-corrected chi connectivity index (χ4v) is 4.38. The average Bonchev–Trinajstić information content (AvgIpc) is 2.82. The van der Waals surface area contributed by atoms with Crippen molar-refractivity contribution in [3.8, 4) is 0 Å². The van der Waals surface area contributed by atoms with Crippen molar-refractivity contribution in [3.63, 3.8) is 0 Å². The average molecular weight is 505 g/mol. The van der Waals surface area contributed by atoms with Crippen molar-refractivity contribution >= 4 is 22.8 Å². The first kappa shape index (κ1) is 30.5. The highest BCUT2D eigenvalue weighted by atomic mass is 16.1. The Labute approximate surface area is 226 Å². The Morgan fingerprint density at radius 3 is 2.22 bits per heavy atom. The molecule has 0 aliphatic rings. The van der Waals surface area contributed by atoms with Crippen LogP contribution in [0.1, 0.15) is 69.3 Å². The predicted octanol–water partition coefficient (Wildman–Crippen LogP) is 7.08. The minimum atomic E-state index is 0.00443. The summed E-state index contributed by atoms with van der Waals surface area (Å²) < 4.78 is 0.881. The van der Waals surface area contributed by atoms with Crippen LogP contribution < -0.4 is 5.32 Å². The molecule has 4 nitrogen and oxygen atoms in total. The Hall–Kier alpha value is -2.69. The molecule has 2 aromatic rings. The summed E-state index contributed by atoms with van der Waals surface area (Å²) in [5, 5.41) is 5.30. The molecule has 0 bridgehead atoms. The second kappa shape index (κ2) is 14.9. The van der Waals surface area contributed by atoms with Gasteiger partial charge in [-0.15, -0.1) is 0 Å². The number of benzene rings is 2. The van der Waals surface area contributed by atoms with Crippen LogP contribution in [-0.2, 0) is 0 Å². The molecule has 2 aromatic carbocycles. The summed E-state index contributed by atoms with van der Waals surface area (Å²) in [5.41, 5.74) is 6.13. The molecule has 0 radical (unpaired) electrons. The summed E-state index contributed by atoms with van der Waals surface area (Å²) >= 11 is 0. The smallest absolute Gasteiger partial charge is 0.252 e. The number of hydrogen-bond donors (Lipinski definition) is 1. The zero-order chi connectivity index (χ0) is 27.4. The van der Waals surface area contributed by atoms with E-state index in [9.17, 15) is 4.79 Å². The maximum Gasteiger partial charge on any atom is 0.252 e. The summed E-state index contributed by atoms with van der Waals surface area (Å²) in [5.74, 6) is 0.00443. The molecule has 4 heteroatoms. The second-order valence-corrected chi connectivity index (χ2v) is 11.6. The largest absolute Gasteiger partial charge is 0.346 e. The van der Waals surface area contributed by atoms with Crippen LogP contribution in [0.3, 0.4) is 0 Å². The Morgan fingerprint density at radius 1 is 0.865 bits per heavy atom. The van der Waals surface area contributed by atoms with Gasteiger partial charge in [0.2, 0.25) is 0 Å². The standard InChI is InChI=1S/C33H49N3O/c1-26(2)13-9-14-27(3)15-10-16-28(4)25-29-17-11-19-31-30(29)18-12-20-32(31)33(37)34-21-23-36(7,8)24-22-35(5)6/h11-13,15,17-20,25H,9-10,14,16,21-24H2,1-8H3/p+1. The summed E-state index contributed by atoms with van der Waals surface area (Å²) in [7, 11) is 8.63. The normalized spacial score (nSPS) is 12.8. The van der Waals surface area contributed by atoms with Crippen LogP contribution in [0.2, 0.25) is 0 Å². The summed E-state index contributed by atoms with van der Waals surface area (Å²) in [6, 6.07) is 12.3. The van der Waals surface area contributed by atoms with Crippen LogP contribution >= 0.6 is 0 Å². The molecular formula is C33H50N3O+. The molecule has 37 heavy (non-hydrogen) atoms. The van der Waals surface area contributed by atoms with E-state index in [-0.39, 0.29) is 5.91 Å². The van der Waals surface area contributed by atoms with Gasteiger partial charge >= 0.3 is 0 Å². The highest BCUT2D eigenvalue weighted by molar-refractivity contribution is 6.08.